The molecular formula is C21H16ClN5O. The Morgan fingerprint density at radius 3 is 2.61 bits per heavy atom. The highest BCUT2D eigenvalue weighted by atomic mass is 35.5. The second-order valence-electron chi connectivity index (χ2n) is 6.40. The molecule has 0 aliphatic carbocycles. The van der Waals surface area contributed by atoms with Crippen LogP contribution in [0.4, 0.5) is 11.5 Å². The summed E-state index contributed by atoms with van der Waals surface area (Å²) in [5.41, 5.74) is 3.17. The maximum atomic E-state index is 13.2. The monoisotopic (exact) mass is 389 g/mol. The molecule has 0 spiro atoms. The van der Waals surface area contributed by atoms with Crippen molar-refractivity contribution in [2.75, 3.05) is 10.6 Å². The highest BCUT2D eigenvalue weighted by Gasteiger charge is 2.34. The summed E-state index contributed by atoms with van der Waals surface area (Å²) in [5, 5.41) is 20.4. The van der Waals surface area contributed by atoms with Crippen LogP contribution in [0.15, 0.2) is 72.1 Å². The zero-order valence-corrected chi connectivity index (χ0v) is 15.7. The molecule has 28 heavy (non-hydrogen) atoms. The van der Waals surface area contributed by atoms with Crippen LogP contribution >= 0.6 is 11.6 Å². The Kier molecular flexibility index (Phi) is 4.60. The maximum absolute atomic E-state index is 13.2. The number of hydrogen-bond acceptors (Lipinski definition) is 4. The third kappa shape index (κ3) is 3.13. The number of nitrogens with one attached hydrogen (secondary N) is 2. The van der Waals surface area contributed by atoms with Crippen LogP contribution in [0.2, 0.25) is 5.02 Å². The number of anilines is 2. The van der Waals surface area contributed by atoms with E-state index in [1.54, 1.807) is 28.9 Å². The molecule has 1 atom stereocenters. The van der Waals surface area contributed by atoms with Crippen molar-refractivity contribution in [2.45, 2.75) is 13.0 Å². The molecule has 2 aromatic carbocycles. The number of carbonyl (C=O) groups excluding carboxylic acids is 1. The van der Waals surface area contributed by atoms with Crippen LogP contribution in [0.5, 0.6) is 0 Å². The van der Waals surface area contributed by atoms with E-state index >= 15 is 0 Å². The fourth-order valence-corrected chi connectivity index (χ4v) is 3.43. The zero-order valence-electron chi connectivity index (χ0n) is 15.0. The van der Waals surface area contributed by atoms with E-state index < -0.39 is 6.04 Å². The largest absolute Gasteiger partial charge is 0.343 e. The van der Waals surface area contributed by atoms with Crippen molar-refractivity contribution < 1.29 is 4.79 Å². The van der Waals surface area contributed by atoms with E-state index in [4.69, 9.17) is 11.6 Å². The fraction of sp³-hybridized carbons (Fsp3) is 0.0952. The summed E-state index contributed by atoms with van der Waals surface area (Å²) in [5.74, 6) is 0.331. The summed E-state index contributed by atoms with van der Waals surface area (Å²) >= 11 is 5.93. The predicted octanol–water partition coefficient (Wildman–Crippen LogP) is 4.34. The standard InChI is InChI=1S/C21H16ClN5O/c1-13-18(21(28)26-17-9-7-16(22)8-10-17)19(14-5-3-2-4-6-14)27-20(25-13)15(11-23)12-24-27/h2-10,12,19,25H,1H3,(H,26,28)/t19-/m1/s1. The zero-order chi connectivity index (χ0) is 19.7. The smallest absolute Gasteiger partial charge is 0.255 e. The lowest BCUT2D eigenvalue weighted by atomic mass is 9.94. The molecule has 6 nitrogen and oxygen atoms in total. The number of carbonyl (C=O) groups is 1. The molecule has 1 aromatic heterocycles. The fourth-order valence-electron chi connectivity index (χ4n) is 3.31. The lowest BCUT2D eigenvalue weighted by Gasteiger charge is -2.30. The van der Waals surface area contributed by atoms with E-state index in [2.05, 4.69) is 21.8 Å². The van der Waals surface area contributed by atoms with Crippen molar-refractivity contribution in [3.05, 3.63) is 88.2 Å². The minimum Gasteiger partial charge on any atom is -0.343 e. The summed E-state index contributed by atoms with van der Waals surface area (Å²) in [4.78, 5) is 13.2. The van der Waals surface area contributed by atoms with Gasteiger partial charge in [-0.2, -0.15) is 10.4 Å². The van der Waals surface area contributed by atoms with Gasteiger partial charge in [0.15, 0.2) is 0 Å². The number of nitriles is 1. The van der Waals surface area contributed by atoms with Crippen LogP contribution in [0.3, 0.4) is 0 Å². The average Bonchev–Trinajstić information content (AvgIpc) is 3.11. The molecule has 0 unspecified atom stereocenters. The Morgan fingerprint density at radius 2 is 1.93 bits per heavy atom. The van der Waals surface area contributed by atoms with E-state index in [1.165, 1.54) is 6.20 Å². The number of allylic oxidation sites excluding steroid dienone is 1. The molecule has 2 heterocycles. The van der Waals surface area contributed by atoms with Gasteiger partial charge in [0.2, 0.25) is 0 Å². The first-order chi connectivity index (χ1) is 13.6. The van der Waals surface area contributed by atoms with E-state index in [0.717, 1.165) is 5.56 Å². The van der Waals surface area contributed by atoms with Gasteiger partial charge >= 0.3 is 0 Å². The van der Waals surface area contributed by atoms with Crippen molar-refractivity contribution in [3.63, 3.8) is 0 Å². The van der Waals surface area contributed by atoms with Crippen LogP contribution in [-0.2, 0) is 4.79 Å². The van der Waals surface area contributed by atoms with Gasteiger partial charge < -0.3 is 10.6 Å². The molecule has 1 aliphatic rings. The first-order valence-electron chi connectivity index (χ1n) is 8.65. The Balaban J connectivity index is 1.78. The number of nitrogens with zero attached hydrogens (tertiary/aromatic N) is 3. The molecule has 1 amide bonds. The second-order valence-corrected chi connectivity index (χ2v) is 6.84. The molecular weight excluding hydrogens is 374 g/mol. The van der Waals surface area contributed by atoms with Crippen LogP contribution in [0.25, 0.3) is 0 Å². The summed E-state index contributed by atoms with van der Waals surface area (Å²) in [6.07, 6.45) is 1.51. The van der Waals surface area contributed by atoms with Crippen molar-refractivity contribution in [2.24, 2.45) is 0 Å². The SMILES string of the molecule is CC1=C(C(=O)Nc2ccc(Cl)cc2)[C@@H](c2ccccc2)n2ncc(C#N)c2N1. The summed E-state index contributed by atoms with van der Waals surface area (Å²) < 4.78 is 1.68. The summed E-state index contributed by atoms with van der Waals surface area (Å²) in [6.45, 7) is 1.82. The molecule has 2 N–H and O–H groups in total. The highest BCUT2D eigenvalue weighted by molar-refractivity contribution is 6.30. The Hall–Kier alpha value is -3.56. The number of amides is 1. The molecule has 0 saturated heterocycles. The number of hydrogen-bond donors (Lipinski definition) is 2. The minimum atomic E-state index is -0.452. The van der Waals surface area contributed by atoms with Gasteiger partial charge in [0.05, 0.1) is 11.8 Å². The van der Waals surface area contributed by atoms with Crippen LogP contribution in [-0.4, -0.2) is 15.7 Å². The first kappa shape index (κ1) is 17.8. The topological polar surface area (TPSA) is 82.7 Å². The van der Waals surface area contributed by atoms with Gasteiger partial charge in [0, 0.05) is 16.4 Å². The number of aromatic nitrogens is 2. The van der Waals surface area contributed by atoms with Crippen LogP contribution < -0.4 is 10.6 Å². The number of rotatable bonds is 3. The van der Waals surface area contributed by atoms with Crippen LogP contribution in [0.1, 0.15) is 24.1 Å². The molecule has 4 rings (SSSR count). The molecule has 3 aromatic rings. The third-order valence-corrected chi connectivity index (χ3v) is 4.86. The lowest BCUT2D eigenvalue weighted by Crippen LogP contribution is -2.31. The molecule has 0 saturated carbocycles. The Bertz CT molecular complexity index is 1110. The second kappa shape index (κ2) is 7.22. The van der Waals surface area contributed by atoms with Crippen molar-refractivity contribution in [3.8, 4) is 6.07 Å². The molecule has 0 fully saturated rings. The summed E-state index contributed by atoms with van der Waals surface area (Å²) in [7, 11) is 0. The number of fused-ring (bicyclic) bond motifs is 1. The van der Waals surface area contributed by atoms with Gasteiger partial charge in [-0.25, -0.2) is 4.68 Å². The lowest BCUT2D eigenvalue weighted by molar-refractivity contribution is -0.113. The molecule has 138 valence electrons. The van der Waals surface area contributed by atoms with E-state index in [9.17, 15) is 10.1 Å². The van der Waals surface area contributed by atoms with Crippen molar-refractivity contribution in [1.82, 2.24) is 9.78 Å². The molecule has 7 heteroatoms. The summed E-state index contributed by atoms with van der Waals surface area (Å²) in [6, 6.07) is 18.2. The van der Waals surface area contributed by atoms with Crippen molar-refractivity contribution in [1.29, 1.82) is 5.26 Å². The normalized spacial score (nSPS) is 15.4. The first-order valence-corrected chi connectivity index (χ1v) is 9.03. The van der Waals surface area contributed by atoms with Crippen LogP contribution in [0, 0.1) is 11.3 Å². The third-order valence-electron chi connectivity index (χ3n) is 4.61. The van der Waals surface area contributed by atoms with Gasteiger partial charge in [-0.05, 0) is 36.8 Å². The molecule has 1 aliphatic heterocycles. The van der Waals surface area contributed by atoms with E-state index in [1.807, 2.05) is 37.3 Å². The van der Waals surface area contributed by atoms with E-state index in [-0.39, 0.29) is 5.91 Å². The minimum absolute atomic E-state index is 0.249. The number of halogens is 1. The molecule has 0 bridgehead atoms. The maximum Gasteiger partial charge on any atom is 0.255 e. The van der Waals surface area contributed by atoms with E-state index in [0.29, 0.717) is 33.4 Å². The highest BCUT2D eigenvalue weighted by Crippen LogP contribution is 2.37. The quantitative estimate of drug-likeness (QED) is 0.698. The van der Waals surface area contributed by atoms with Crippen molar-refractivity contribution >= 4 is 29.0 Å². The number of benzene rings is 2. The molecule has 0 radical (unpaired) electrons. The van der Waals surface area contributed by atoms with Gasteiger partial charge in [0.1, 0.15) is 23.5 Å². The Labute approximate surface area is 167 Å². The van der Waals surface area contributed by atoms with Gasteiger partial charge in [-0.3, -0.25) is 4.79 Å². The van der Waals surface area contributed by atoms with Gasteiger partial charge in [-0.15, -0.1) is 0 Å². The average molecular weight is 390 g/mol. The Morgan fingerprint density at radius 1 is 1.21 bits per heavy atom. The van der Waals surface area contributed by atoms with Gasteiger partial charge in [-0.1, -0.05) is 41.9 Å². The van der Waals surface area contributed by atoms with Gasteiger partial charge in [0.25, 0.3) is 5.91 Å². The predicted molar refractivity (Wildman–Crippen MR) is 108 cm³/mol.